The van der Waals surface area contributed by atoms with Gasteiger partial charge in [-0.05, 0) is 17.7 Å². The molecule has 84 valence electrons. The third-order valence-corrected chi connectivity index (χ3v) is 1.83. The van der Waals surface area contributed by atoms with E-state index in [1.54, 1.807) is 6.07 Å². The SMILES string of the molecule is N#CCC=Cc1ccc(F)cc1C(F)(F)F. The Morgan fingerprint density at radius 2 is 2.00 bits per heavy atom. The van der Waals surface area contributed by atoms with Gasteiger partial charge in [0.05, 0.1) is 18.1 Å². The number of alkyl halides is 3. The number of rotatable bonds is 2. The standard InChI is InChI=1S/C11H7F4N/c12-9-5-4-8(3-1-2-6-16)10(7-9)11(13,14)15/h1,3-5,7H,2H2. The summed E-state index contributed by atoms with van der Waals surface area (Å²) in [7, 11) is 0. The molecule has 0 saturated carbocycles. The van der Waals surface area contributed by atoms with Crippen molar-refractivity contribution in [1.29, 1.82) is 5.26 Å². The number of benzene rings is 1. The zero-order valence-corrected chi connectivity index (χ0v) is 8.05. The van der Waals surface area contributed by atoms with Crippen molar-refractivity contribution < 1.29 is 17.6 Å². The van der Waals surface area contributed by atoms with Crippen LogP contribution in [-0.2, 0) is 6.18 Å². The lowest BCUT2D eigenvalue weighted by Gasteiger charge is -2.09. The number of nitrogens with zero attached hydrogens (tertiary/aromatic N) is 1. The highest BCUT2D eigenvalue weighted by Gasteiger charge is 2.33. The van der Waals surface area contributed by atoms with E-state index in [0.29, 0.717) is 6.07 Å². The van der Waals surface area contributed by atoms with Crippen LogP contribution in [-0.4, -0.2) is 0 Å². The van der Waals surface area contributed by atoms with Crippen molar-refractivity contribution in [3.63, 3.8) is 0 Å². The van der Waals surface area contributed by atoms with Crippen LogP contribution in [0.4, 0.5) is 17.6 Å². The minimum atomic E-state index is -4.60. The maximum absolute atomic E-state index is 12.7. The first-order valence-electron chi connectivity index (χ1n) is 4.35. The Kier molecular flexibility index (Phi) is 3.67. The lowest BCUT2D eigenvalue weighted by atomic mass is 10.1. The van der Waals surface area contributed by atoms with E-state index in [1.807, 2.05) is 0 Å². The van der Waals surface area contributed by atoms with E-state index in [1.165, 1.54) is 6.08 Å². The number of nitriles is 1. The molecule has 1 aromatic rings. The summed E-state index contributed by atoms with van der Waals surface area (Å²) >= 11 is 0. The minimum Gasteiger partial charge on any atom is -0.207 e. The van der Waals surface area contributed by atoms with Crippen molar-refractivity contribution in [2.24, 2.45) is 0 Å². The summed E-state index contributed by atoms with van der Waals surface area (Å²) in [5.41, 5.74) is -1.19. The first kappa shape index (κ1) is 12.2. The van der Waals surface area contributed by atoms with Crippen molar-refractivity contribution in [3.8, 4) is 6.07 Å². The first-order chi connectivity index (χ1) is 7.45. The molecule has 1 nitrogen and oxygen atoms in total. The molecular weight excluding hydrogens is 222 g/mol. The molecular formula is C11H7F4N. The van der Waals surface area contributed by atoms with Gasteiger partial charge in [0, 0.05) is 0 Å². The molecule has 0 bridgehead atoms. The molecule has 1 rings (SSSR count). The smallest absolute Gasteiger partial charge is 0.207 e. The molecule has 0 saturated heterocycles. The third kappa shape index (κ3) is 3.09. The minimum absolute atomic E-state index is 0.00860. The largest absolute Gasteiger partial charge is 0.417 e. The summed E-state index contributed by atoms with van der Waals surface area (Å²) in [6.45, 7) is 0. The van der Waals surface area contributed by atoms with E-state index >= 15 is 0 Å². The predicted molar refractivity (Wildman–Crippen MR) is 50.7 cm³/mol. The Hall–Kier alpha value is -1.83. The van der Waals surface area contributed by atoms with E-state index in [-0.39, 0.29) is 12.0 Å². The van der Waals surface area contributed by atoms with Gasteiger partial charge in [0.25, 0.3) is 0 Å². The van der Waals surface area contributed by atoms with Gasteiger partial charge in [-0.1, -0.05) is 18.2 Å². The Balaban J connectivity index is 3.14. The lowest BCUT2D eigenvalue weighted by molar-refractivity contribution is -0.137. The number of allylic oxidation sites excluding steroid dienone is 1. The van der Waals surface area contributed by atoms with Gasteiger partial charge in [-0.25, -0.2) is 4.39 Å². The van der Waals surface area contributed by atoms with Crippen LogP contribution < -0.4 is 0 Å². The highest BCUT2D eigenvalue weighted by atomic mass is 19.4. The van der Waals surface area contributed by atoms with Crippen LogP contribution in [0.15, 0.2) is 24.3 Å². The van der Waals surface area contributed by atoms with E-state index in [2.05, 4.69) is 0 Å². The molecule has 0 heterocycles. The Morgan fingerprint density at radius 3 is 2.56 bits per heavy atom. The highest BCUT2D eigenvalue weighted by Crippen LogP contribution is 2.33. The predicted octanol–water partition coefficient (Wildman–Crippen LogP) is 3.77. The number of hydrogen-bond donors (Lipinski definition) is 0. The molecule has 0 radical (unpaired) electrons. The maximum atomic E-state index is 12.7. The molecule has 16 heavy (non-hydrogen) atoms. The van der Waals surface area contributed by atoms with Gasteiger partial charge < -0.3 is 0 Å². The second kappa shape index (κ2) is 4.79. The van der Waals surface area contributed by atoms with Crippen LogP contribution in [0.25, 0.3) is 6.08 Å². The highest BCUT2D eigenvalue weighted by molar-refractivity contribution is 5.55. The topological polar surface area (TPSA) is 23.8 Å². The average molecular weight is 229 g/mol. The molecule has 0 atom stereocenters. The van der Waals surface area contributed by atoms with Crippen LogP contribution in [0.3, 0.4) is 0 Å². The molecule has 0 aliphatic heterocycles. The van der Waals surface area contributed by atoms with Crippen molar-refractivity contribution in [2.45, 2.75) is 12.6 Å². The summed E-state index contributed by atoms with van der Waals surface area (Å²) in [4.78, 5) is 0. The Labute approximate surface area is 89.6 Å². The zero-order chi connectivity index (χ0) is 12.2. The monoisotopic (exact) mass is 229 g/mol. The van der Waals surface area contributed by atoms with Crippen molar-refractivity contribution >= 4 is 6.08 Å². The van der Waals surface area contributed by atoms with Crippen LogP contribution >= 0.6 is 0 Å². The molecule has 0 aliphatic rings. The van der Waals surface area contributed by atoms with E-state index < -0.39 is 17.6 Å². The van der Waals surface area contributed by atoms with E-state index in [9.17, 15) is 17.6 Å². The Morgan fingerprint density at radius 1 is 1.31 bits per heavy atom. The molecule has 0 aliphatic carbocycles. The quantitative estimate of drug-likeness (QED) is 0.708. The third-order valence-electron chi connectivity index (χ3n) is 1.83. The van der Waals surface area contributed by atoms with Gasteiger partial charge >= 0.3 is 6.18 Å². The van der Waals surface area contributed by atoms with Crippen molar-refractivity contribution in [3.05, 3.63) is 41.2 Å². The van der Waals surface area contributed by atoms with Gasteiger partial charge in [-0.2, -0.15) is 18.4 Å². The molecule has 0 aromatic heterocycles. The van der Waals surface area contributed by atoms with Gasteiger partial charge in [0.1, 0.15) is 5.82 Å². The fraction of sp³-hybridized carbons (Fsp3) is 0.182. The second-order valence-electron chi connectivity index (χ2n) is 2.99. The average Bonchev–Trinajstić information content (AvgIpc) is 2.19. The van der Waals surface area contributed by atoms with Crippen molar-refractivity contribution in [2.75, 3.05) is 0 Å². The van der Waals surface area contributed by atoms with Crippen molar-refractivity contribution in [1.82, 2.24) is 0 Å². The molecule has 0 N–H and O–H groups in total. The number of halogens is 4. The molecule has 0 unspecified atom stereocenters. The fourth-order valence-corrected chi connectivity index (χ4v) is 1.16. The summed E-state index contributed by atoms with van der Waals surface area (Å²) in [5, 5.41) is 8.23. The second-order valence-corrected chi connectivity index (χ2v) is 2.99. The summed E-state index contributed by atoms with van der Waals surface area (Å²) in [5.74, 6) is -0.940. The molecule has 0 spiro atoms. The van der Waals surface area contributed by atoms with E-state index in [4.69, 9.17) is 5.26 Å². The van der Waals surface area contributed by atoms with Crippen LogP contribution in [0, 0.1) is 17.1 Å². The lowest BCUT2D eigenvalue weighted by Crippen LogP contribution is -2.07. The fourth-order valence-electron chi connectivity index (χ4n) is 1.16. The van der Waals surface area contributed by atoms with Gasteiger partial charge in [0.15, 0.2) is 0 Å². The molecule has 0 fully saturated rings. The normalized spacial score (nSPS) is 11.7. The zero-order valence-electron chi connectivity index (χ0n) is 8.05. The summed E-state index contributed by atoms with van der Waals surface area (Å²) in [6.07, 6.45) is -2.14. The molecule has 5 heteroatoms. The summed E-state index contributed by atoms with van der Waals surface area (Å²) in [6, 6.07) is 4.18. The summed E-state index contributed by atoms with van der Waals surface area (Å²) < 4.78 is 50.1. The van der Waals surface area contributed by atoms with Gasteiger partial charge in [-0.15, -0.1) is 0 Å². The Bertz CT molecular complexity index is 440. The van der Waals surface area contributed by atoms with Gasteiger partial charge in [0.2, 0.25) is 0 Å². The molecule has 1 aromatic carbocycles. The van der Waals surface area contributed by atoms with Crippen LogP contribution in [0.2, 0.25) is 0 Å². The maximum Gasteiger partial charge on any atom is 0.417 e. The first-order valence-corrected chi connectivity index (χ1v) is 4.35. The van der Waals surface area contributed by atoms with Crippen LogP contribution in [0.5, 0.6) is 0 Å². The number of hydrogen-bond acceptors (Lipinski definition) is 1. The molecule has 0 amide bonds. The van der Waals surface area contributed by atoms with Gasteiger partial charge in [-0.3, -0.25) is 0 Å². The van der Waals surface area contributed by atoms with E-state index in [0.717, 1.165) is 18.2 Å². The van der Waals surface area contributed by atoms with Crippen LogP contribution in [0.1, 0.15) is 17.5 Å².